The molecule has 0 aromatic heterocycles. The van der Waals surface area contributed by atoms with Crippen molar-refractivity contribution in [1.82, 2.24) is 4.90 Å². The van der Waals surface area contributed by atoms with Gasteiger partial charge in [0.15, 0.2) is 5.67 Å². The Morgan fingerprint density at radius 1 is 1.28 bits per heavy atom. The molecule has 0 bridgehead atoms. The average molecular weight is 373 g/mol. The summed E-state index contributed by atoms with van der Waals surface area (Å²) in [5, 5.41) is 0. The maximum atomic E-state index is 14.8. The van der Waals surface area contributed by atoms with E-state index in [1.54, 1.807) is 32.9 Å². The summed E-state index contributed by atoms with van der Waals surface area (Å²) in [6.45, 7) is 6.26. The zero-order chi connectivity index (χ0) is 18.9. The number of alkyl halides is 1. The van der Waals surface area contributed by atoms with Crippen molar-refractivity contribution in [3.05, 3.63) is 29.8 Å². The molecular weight excluding hydrogens is 349 g/mol. The number of nitrogens with zero attached hydrogens (tertiary/aromatic N) is 1. The number of halogens is 1. The van der Waals surface area contributed by atoms with Crippen molar-refractivity contribution in [2.45, 2.75) is 50.3 Å². The number of likely N-dealkylation sites (tertiary alicyclic amines) is 1. The molecule has 6 nitrogen and oxygen atoms in total. The van der Waals surface area contributed by atoms with Crippen molar-refractivity contribution in [3.63, 3.8) is 0 Å². The number of carbonyl (C=O) groups excluding carboxylic acids is 1. The third kappa shape index (κ3) is 5.40. The van der Waals surface area contributed by atoms with Crippen LogP contribution in [-0.2, 0) is 19.0 Å². The van der Waals surface area contributed by atoms with Crippen molar-refractivity contribution >= 4 is 16.2 Å². The number of carbonyl (C=O) groups is 1. The predicted molar refractivity (Wildman–Crippen MR) is 90.6 cm³/mol. The van der Waals surface area contributed by atoms with Crippen LogP contribution in [0.2, 0.25) is 0 Å². The van der Waals surface area contributed by atoms with Crippen molar-refractivity contribution in [1.29, 1.82) is 0 Å². The second kappa shape index (κ2) is 6.92. The van der Waals surface area contributed by atoms with Crippen LogP contribution in [0, 0.1) is 6.92 Å². The number of hydrogen-bond donors (Lipinski definition) is 0. The molecule has 0 radical (unpaired) electrons. The van der Waals surface area contributed by atoms with E-state index in [4.69, 9.17) is 8.92 Å². The Labute approximate surface area is 148 Å². The lowest BCUT2D eigenvalue weighted by atomic mass is 10.1. The fourth-order valence-electron chi connectivity index (χ4n) is 2.39. The van der Waals surface area contributed by atoms with E-state index in [2.05, 4.69) is 0 Å². The number of benzene rings is 1. The number of amides is 1. The van der Waals surface area contributed by atoms with E-state index in [0.29, 0.717) is 0 Å². The predicted octanol–water partition coefficient (Wildman–Crippen LogP) is 3.05. The third-order valence-corrected chi connectivity index (χ3v) is 5.02. The first-order valence-corrected chi connectivity index (χ1v) is 9.44. The molecule has 140 valence electrons. The van der Waals surface area contributed by atoms with Crippen LogP contribution in [0.1, 0.15) is 32.8 Å². The Morgan fingerprint density at radius 3 is 2.44 bits per heavy atom. The number of aryl methyl sites for hydroxylation is 1. The van der Waals surface area contributed by atoms with Gasteiger partial charge in [-0.25, -0.2) is 9.18 Å². The van der Waals surface area contributed by atoms with Crippen LogP contribution in [0.15, 0.2) is 29.2 Å². The molecule has 1 amide bonds. The molecule has 2 rings (SSSR count). The maximum absolute atomic E-state index is 14.8. The fraction of sp³-hybridized carbons (Fsp3) is 0.588. The van der Waals surface area contributed by atoms with E-state index >= 15 is 0 Å². The Morgan fingerprint density at radius 2 is 1.88 bits per heavy atom. The van der Waals surface area contributed by atoms with Crippen LogP contribution in [-0.4, -0.2) is 50.4 Å². The number of rotatable bonds is 4. The summed E-state index contributed by atoms with van der Waals surface area (Å²) in [6.07, 6.45) is -0.622. The zero-order valence-corrected chi connectivity index (χ0v) is 15.7. The smallest absolute Gasteiger partial charge is 0.410 e. The molecule has 25 heavy (non-hydrogen) atoms. The topological polar surface area (TPSA) is 72.9 Å². The van der Waals surface area contributed by atoms with Crippen LogP contribution in [0.5, 0.6) is 0 Å². The highest BCUT2D eigenvalue weighted by molar-refractivity contribution is 7.86. The summed E-state index contributed by atoms with van der Waals surface area (Å²) >= 11 is 0. The molecule has 0 spiro atoms. The lowest BCUT2D eigenvalue weighted by Crippen LogP contribution is -2.39. The molecule has 0 N–H and O–H groups in total. The molecule has 1 heterocycles. The summed E-state index contributed by atoms with van der Waals surface area (Å²) in [7, 11) is -4.04. The van der Waals surface area contributed by atoms with E-state index in [9.17, 15) is 17.6 Å². The SMILES string of the molecule is Cc1ccc(S(=O)(=O)OCC2(F)CCN(C(=O)OC(C)(C)C)C2)cc1. The second-order valence-electron chi connectivity index (χ2n) is 7.33. The molecule has 1 aromatic carbocycles. The highest BCUT2D eigenvalue weighted by atomic mass is 32.2. The van der Waals surface area contributed by atoms with Gasteiger partial charge >= 0.3 is 6.09 Å². The van der Waals surface area contributed by atoms with E-state index in [0.717, 1.165) is 5.56 Å². The molecule has 1 atom stereocenters. The van der Waals surface area contributed by atoms with E-state index in [1.807, 2.05) is 6.92 Å². The molecule has 1 aliphatic heterocycles. The first-order valence-electron chi connectivity index (χ1n) is 8.03. The first kappa shape index (κ1) is 19.7. The minimum absolute atomic E-state index is 0.00430. The molecule has 1 aromatic rings. The summed E-state index contributed by atoms with van der Waals surface area (Å²) in [4.78, 5) is 13.2. The Balaban J connectivity index is 1.96. The van der Waals surface area contributed by atoms with E-state index < -0.39 is 34.1 Å². The third-order valence-electron chi connectivity index (χ3n) is 3.74. The van der Waals surface area contributed by atoms with Gasteiger partial charge in [-0.15, -0.1) is 0 Å². The van der Waals surface area contributed by atoms with Gasteiger partial charge in [-0.1, -0.05) is 17.7 Å². The van der Waals surface area contributed by atoms with Crippen molar-refractivity contribution < 1.29 is 26.5 Å². The van der Waals surface area contributed by atoms with E-state index in [1.165, 1.54) is 17.0 Å². The van der Waals surface area contributed by atoms with Crippen LogP contribution in [0.4, 0.5) is 9.18 Å². The lowest BCUT2D eigenvalue weighted by molar-refractivity contribution is 0.0233. The summed E-state index contributed by atoms with van der Waals surface area (Å²) in [5.41, 5.74) is -1.69. The summed E-state index contributed by atoms with van der Waals surface area (Å²) in [6, 6.07) is 6.11. The fourth-order valence-corrected chi connectivity index (χ4v) is 3.36. The van der Waals surface area contributed by atoms with Crippen LogP contribution >= 0.6 is 0 Å². The summed E-state index contributed by atoms with van der Waals surface area (Å²) in [5.74, 6) is 0. The zero-order valence-electron chi connectivity index (χ0n) is 14.9. The molecule has 1 unspecified atom stereocenters. The Bertz CT molecular complexity index is 726. The molecule has 1 fully saturated rings. The lowest BCUT2D eigenvalue weighted by Gasteiger charge is -2.25. The minimum Gasteiger partial charge on any atom is -0.444 e. The summed E-state index contributed by atoms with van der Waals surface area (Å²) < 4.78 is 49.2. The molecule has 8 heteroatoms. The van der Waals surface area contributed by atoms with Crippen LogP contribution in [0.25, 0.3) is 0 Å². The molecule has 0 aliphatic carbocycles. The highest BCUT2D eigenvalue weighted by Crippen LogP contribution is 2.28. The average Bonchev–Trinajstić information content (AvgIpc) is 2.88. The van der Waals surface area contributed by atoms with Gasteiger partial charge in [-0.05, 0) is 39.8 Å². The van der Waals surface area contributed by atoms with Gasteiger partial charge in [-0.2, -0.15) is 8.42 Å². The quantitative estimate of drug-likeness (QED) is 0.759. The number of ether oxygens (including phenoxy) is 1. The van der Waals surface area contributed by atoms with Crippen LogP contribution in [0.3, 0.4) is 0 Å². The molecule has 1 aliphatic rings. The first-order chi connectivity index (χ1) is 11.4. The number of hydrogen-bond acceptors (Lipinski definition) is 5. The van der Waals surface area contributed by atoms with Gasteiger partial charge in [0.05, 0.1) is 11.4 Å². The maximum Gasteiger partial charge on any atom is 0.410 e. The van der Waals surface area contributed by atoms with Crippen molar-refractivity contribution in [2.24, 2.45) is 0 Å². The van der Waals surface area contributed by atoms with Crippen LogP contribution < -0.4 is 0 Å². The van der Waals surface area contributed by atoms with Gasteiger partial charge in [0.1, 0.15) is 12.2 Å². The minimum atomic E-state index is -4.04. The highest BCUT2D eigenvalue weighted by Gasteiger charge is 2.43. The molecule has 1 saturated heterocycles. The Kier molecular flexibility index (Phi) is 5.44. The molecular formula is C17H24FNO5S. The van der Waals surface area contributed by atoms with E-state index in [-0.39, 0.29) is 24.4 Å². The van der Waals surface area contributed by atoms with Gasteiger partial charge in [-0.3, -0.25) is 4.18 Å². The second-order valence-corrected chi connectivity index (χ2v) is 8.95. The monoisotopic (exact) mass is 373 g/mol. The Hall–Kier alpha value is -1.67. The normalized spacial score (nSPS) is 21.4. The van der Waals surface area contributed by atoms with Gasteiger partial charge in [0.25, 0.3) is 10.1 Å². The molecule has 0 saturated carbocycles. The standard InChI is InChI=1S/C17H24FNO5S/c1-13-5-7-14(8-6-13)25(21,22)23-12-17(18)9-10-19(11-17)15(20)24-16(2,3)4/h5-8H,9-12H2,1-4H3. The van der Waals surface area contributed by atoms with Gasteiger partial charge in [0, 0.05) is 13.0 Å². The van der Waals surface area contributed by atoms with Crippen molar-refractivity contribution in [3.8, 4) is 0 Å². The largest absolute Gasteiger partial charge is 0.444 e. The van der Waals surface area contributed by atoms with Gasteiger partial charge < -0.3 is 9.64 Å². The van der Waals surface area contributed by atoms with Gasteiger partial charge in [0.2, 0.25) is 0 Å². The van der Waals surface area contributed by atoms with Crippen molar-refractivity contribution in [2.75, 3.05) is 19.7 Å².